The fraction of sp³-hybridized carbons (Fsp3) is 0.417. The van der Waals surface area contributed by atoms with E-state index < -0.39 is 0 Å². The third-order valence-electron chi connectivity index (χ3n) is 3.09. The third kappa shape index (κ3) is 2.72. The van der Waals surface area contributed by atoms with Crippen LogP contribution in [0.25, 0.3) is 0 Å². The standard InChI is InChI=1S/C12H14BrNO3/c13-6-12(3-4-12)7-14-11(17)9-5-8(15)1-2-10(9)16/h1-2,5,15-16H,3-4,6-7H2,(H,14,17). The van der Waals surface area contributed by atoms with Crippen molar-refractivity contribution in [3.63, 3.8) is 0 Å². The van der Waals surface area contributed by atoms with E-state index in [4.69, 9.17) is 0 Å². The van der Waals surface area contributed by atoms with Crippen molar-refractivity contribution in [2.45, 2.75) is 12.8 Å². The second-order valence-electron chi connectivity index (χ2n) is 4.52. The van der Waals surface area contributed by atoms with Crippen molar-refractivity contribution in [2.24, 2.45) is 5.41 Å². The molecule has 1 amide bonds. The van der Waals surface area contributed by atoms with Crippen LogP contribution in [0.1, 0.15) is 23.2 Å². The summed E-state index contributed by atoms with van der Waals surface area (Å²) in [5.41, 5.74) is 0.289. The van der Waals surface area contributed by atoms with Gasteiger partial charge in [0.25, 0.3) is 5.91 Å². The van der Waals surface area contributed by atoms with Crippen LogP contribution >= 0.6 is 15.9 Å². The maximum absolute atomic E-state index is 11.8. The van der Waals surface area contributed by atoms with Crippen LogP contribution in [0.2, 0.25) is 0 Å². The normalized spacial score (nSPS) is 16.5. The third-order valence-corrected chi connectivity index (χ3v) is 4.28. The number of phenolic OH excluding ortho intramolecular Hbond substituents is 2. The summed E-state index contributed by atoms with van der Waals surface area (Å²) in [4.78, 5) is 11.8. The Bertz CT molecular complexity index is 443. The number of hydrogen-bond donors (Lipinski definition) is 3. The number of aromatic hydroxyl groups is 2. The lowest BCUT2D eigenvalue weighted by Crippen LogP contribution is -2.30. The van der Waals surface area contributed by atoms with Crippen LogP contribution in [0.3, 0.4) is 0 Å². The summed E-state index contributed by atoms with van der Waals surface area (Å²) in [7, 11) is 0. The van der Waals surface area contributed by atoms with Gasteiger partial charge in [-0.15, -0.1) is 0 Å². The van der Waals surface area contributed by atoms with E-state index in [0.717, 1.165) is 18.2 Å². The van der Waals surface area contributed by atoms with Crippen molar-refractivity contribution in [3.8, 4) is 11.5 Å². The van der Waals surface area contributed by atoms with E-state index >= 15 is 0 Å². The van der Waals surface area contributed by atoms with Gasteiger partial charge in [0.15, 0.2) is 0 Å². The molecule has 0 bridgehead atoms. The number of carbonyl (C=O) groups is 1. The average Bonchev–Trinajstić information content (AvgIpc) is 3.10. The molecule has 17 heavy (non-hydrogen) atoms. The van der Waals surface area contributed by atoms with Gasteiger partial charge in [0.1, 0.15) is 11.5 Å². The Balaban J connectivity index is 2.02. The van der Waals surface area contributed by atoms with Gasteiger partial charge in [0, 0.05) is 11.9 Å². The monoisotopic (exact) mass is 299 g/mol. The largest absolute Gasteiger partial charge is 0.508 e. The highest BCUT2D eigenvalue weighted by Gasteiger charge is 2.41. The molecule has 1 aliphatic rings. The van der Waals surface area contributed by atoms with Crippen molar-refractivity contribution in [3.05, 3.63) is 23.8 Å². The fourth-order valence-electron chi connectivity index (χ4n) is 1.60. The molecule has 1 aromatic rings. The predicted octanol–water partition coefficient (Wildman–Crippen LogP) is 2.00. The molecule has 1 fully saturated rings. The van der Waals surface area contributed by atoms with Crippen molar-refractivity contribution >= 4 is 21.8 Å². The first kappa shape index (κ1) is 12.2. The van der Waals surface area contributed by atoms with Gasteiger partial charge in [-0.25, -0.2) is 0 Å². The van der Waals surface area contributed by atoms with E-state index in [2.05, 4.69) is 21.2 Å². The minimum Gasteiger partial charge on any atom is -0.508 e. The molecule has 0 unspecified atom stereocenters. The van der Waals surface area contributed by atoms with Crippen molar-refractivity contribution < 1.29 is 15.0 Å². The Kier molecular flexibility index (Phi) is 3.28. The summed E-state index contributed by atoms with van der Waals surface area (Å²) in [6.45, 7) is 0.589. The maximum atomic E-state index is 11.8. The smallest absolute Gasteiger partial charge is 0.255 e. The first-order valence-corrected chi connectivity index (χ1v) is 6.55. The van der Waals surface area contributed by atoms with E-state index in [9.17, 15) is 15.0 Å². The van der Waals surface area contributed by atoms with Crippen LogP contribution in [0, 0.1) is 5.41 Å². The Morgan fingerprint density at radius 1 is 1.41 bits per heavy atom. The molecule has 1 aromatic carbocycles. The SMILES string of the molecule is O=C(NCC1(CBr)CC1)c1cc(O)ccc1O. The molecule has 4 nitrogen and oxygen atoms in total. The summed E-state index contributed by atoms with van der Waals surface area (Å²) in [5, 5.41) is 22.4. The van der Waals surface area contributed by atoms with Gasteiger partial charge in [0.2, 0.25) is 0 Å². The Morgan fingerprint density at radius 3 is 2.71 bits per heavy atom. The zero-order chi connectivity index (χ0) is 12.5. The lowest BCUT2D eigenvalue weighted by atomic mass is 10.1. The van der Waals surface area contributed by atoms with Gasteiger partial charge in [0.05, 0.1) is 5.56 Å². The van der Waals surface area contributed by atoms with Crippen LogP contribution in [0.5, 0.6) is 11.5 Å². The number of phenols is 2. The van der Waals surface area contributed by atoms with Crippen LogP contribution in [0.4, 0.5) is 0 Å². The fourth-order valence-corrected chi connectivity index (χ4v) is 2.36. The Hall–Kier alpha value is -1.23. The van der Waals surface area contributed by atoms with Gasteiger partial charge < -0.3 is 15.5 Å². The first-order valence-electron chi connectivity index (χ1n) is 5.42. The van der Waals surface area contributed by atoms with Crippen LogP contribution < -0.4 is 5.32 Å². The number of halogens is 1. The van der Waals surface area contributed by atoms with Crippen LogP contribution in [0.15, 0.2) is 18.2 Å². The topological polar surface area (TPSA) is 69.6 Å². The quantitative estimate of drug-likeness (QED) is 0.588. The van der Waals surface area contributed by atoms with Crippen LogP contribution in [-0.4, -0.2) is 28.0 Å². The Morgan fingerprint density at radius 2 is 2.12 bits per heavy atom. The van der Waals surface area contributed by atoms with Crippen molar-refractivity contribution in [2.75, 3.05) is 11.9 Å². The lowest BCUT2D eigenvalue weighted by molar-refractivity contribution is 0.0943. The molecule has 5 heteroatoms. The first-order chi connectivity index (χ1) is 8.06. The number of hydrogen-bond acceptors (Lipinski definition) is 3. The number of carbonyl (C=O) groups excluding carboxylic acids is 1. The minimum atomic E-state index is -0.356. The van der Waals surface area contributed by atoms with Gasteiger partial charge in [-0.1, -0.05) is 15.9 Å². The molecule has 2 rings (SSSR count). The average molecular weight is 300 g/mol. The highest BCUT2D eigenvalue weighted by molar-refractivity contribution is 9.09. The van der Waals surface area contributed by atoms with E-state index in [1.165, 1.54) is 18.2 Å². The highest BCUT2D eigenvalue weighted by atomic mass is 79.9. The summed E-state index contributed by atoms with van der Waals surface area (Å²) in [6.07, 6.45) is 2.20. The molecule has 0 radical (unpaired) electrons. The molecule has 0 heterocycles. The van der Waals surface area contributed by atoms with E-state index in [0.29, 0.717) is 6.54 Å². The lowest BCUT2D eigenvalue weighted by Gasteiger charge is -2.13. The van der Waals surface area contributed by atoms with Gasteiger partial charge in [-0.3, -0.25) is 4.79 Å². The molecule has 1 saturated carbocycles. The van der Waals surface area contributed by atoms with Gasteiger partial charge in [-0.05, 0) is 36.5 Å². The Labute approximate surface area is 108 Å². The summed E-state index contributed by atoms with van der Waals surface area (Å²) in [6, 6.07) is 3.91. The maximum Gasteiger partial charge on any atom is 0.255 e. The molecule has 1 aliphatic carbocycles. The zero-order valence-electron chi connectivity index (χ0n) is 9.24. The highest BCUT2D eigenvalue weighted by Crippen LogP contribution is 2.46. The number of nitrogens with one attached hydrogen (secondary N) is 1. The number of benzene rings is 1. The predicted molar refractivity (Wildman–Crippen MR) is 67.6 cm³/mol. The van der Waals surface area contributed by atoms with Crippen molar-refractivity contribution in [1.82, 2.24) is 5.32 Å². The van der Waals surface area contributed by atoms with E-state index in [1.54, 1.807) is 0 Å². The molecule has 0 aliphatic heterocycles. The molecule has 0 spiro atoms. The second kappa shape index (κ2) is 4.56. The molecular formula is C12H14BrNO3. The molecule has 0 atom stereocenters. The summed E-state index contributed by atoms with van der Waals surface area (Å²) >= 11 is 3.43. The van der Waals surface area contributed by atoms with E-state index in [-0.39, 0.29) is 28.4 Å². The minimum absolute atomic E-state index is 0.0328. The van der Waals surface area contributed by atoms with Gasteiger partial charge in [-0.2, -0.15) is 0 Å². The number of amides is 1. The molecule has 92 valence electrons. The molecule has 3 N–H and O–H groups in total. The van der Waals surface area contributed by atoms with Crippen molar-refractivity contribution in [1.29, 1.82) is 0 Å². The molecule has 0 saturated heterocycles. The molecule has 0 aromatic heterocycles. The van der Waals surface area contributed by atoms with Crippen LogP contribution in [-0.2, 0) is 0 Å². The summed E-state index contributed by atoms with van der Waals surface area (Å²) in [5.74, 6) is -0.510. The molecular weight excluding hydrogens is 286 g/mol. The number of rotatable bonds is 4. The second-order valence-corrected chi connectivity index (χ2v) is 5.08. The van der Waals surface area contributed by atoms with Gasteiger partial charge >= 0.3 is 0 Å². The summed E-state index contributed by atoms with van der Waals surface area (Å²) < 4.78 is 0. The van der Waals surface area contributed by atoms with E-state index in [1.807, 2.05) is 0 Å². The zero-order valence-corrected chi connectivity index (χ0v) is 10.8. The number of alkyl halides is 1.